The van der Waals surface area contributed by atoms with Crippen LogP contribution in [0.5, 0.6) is 0 Å². The third kappa shape index (κ3) is 4.78. The fourth-order valence-electron chi connectivity index (χ4n) is 5.97. The van der Waals surface area contributed by atoms with E-state index in [1.165, 1.54) is 55.6 Å². The van der Waals surface area contributed by atoms with Crippen molar-refractivity contribution >= 4 is 0 Å². The standard InChI is InChI=1S/C26H20.C13H12.CH4/c1-19-10-9-13-21(18-19)26(20-11-3-2-4-12-20)24-16-7-5-14-22(24)23-15-6-8-17-25(23)26;1-11-7-9-13(10-8-11)12-5-3-2-4-6-12;/h2-18H,1H3;2-10H,1H3;1H4. The van der Waals surface area contributed by atoms with Crippen LogP contribution in [0.25, 0.3) is 22.3 Å². The summed E-state index contributed by atoms with van der Waals surface area (Å²) in [4.78, 5) is 0. The lowest BCUT2D eigenvalue weighted by Gasteiger charge is -2.34. The first-order chi connectivity index (χ1) is 19.2. The zero-order chi connectivity index (χ0) is 26.7. The Labute approximate surface area is 239 Å². The van der Waals surface area contributed by atoms with Gasteiger partial charge in [0.1, 0.15) is 0 Å². The van der Waals surface area contributed by atoms with Crippen LogP contribution in [0.4, 0.5) is 0 Å². The molecule has 0 N–H and O–H groups in total. The molecule has 0 radical (unpaired) electrons. The molecule has 0 aromatic heterocycles. The SMILES string of the molecule is C.Cc1ccc(-c2ccccc2)cc1.Cc1cccc(C2(c3ccccc3)c3ccccc3-c3ccccc32)c1. The normalized spacial score (nSPS) is 12.2. The molecule has 7 rings (SSSR count). The summed E-state index contributed by atoms with van der Waals surface area (Å²) in [5.41, 5.74) is 13.0. The summed E-state index contributed by atoms with van der Waals surface area (Å²) < 4.78 is 0. The highest BCUT2D eigenvalue weighted by Gasteiger charge is 2.45. The van der Waals surface area contributed by atoms with Gasteiger partial charge in [0.25, 0.3) is 0 Å². The Morgan fingerprint density at radius 2 is 0.850 bits per heavy atom. The van der Waals surface area contributed by atoms with Gasteiger partial charge in [0.05, 0.1) is 5.41 Å². The van der Waals surface area contributed by atoms with Crippen LogP contribution in [0.1, 0.15) is 40.8 Å². The molecule has 0 spiro atoms. The predicted octanol–water partition coefficient (Wildman–Crippen LogP) is 10.7. The van der Waals surface area contributed by atoms with E-state index in [1.54, 1.807) is 0 Å². The Kier molecular flexibility index (Phi) is 7.80. The minimum absolute atomic E-state index is 0. The lowest BCUT2D eigenvalue weighted by atomic mass is 9.67. The van der Waals surface area contributed by atoms with Crippen molar-refractivity contribution in [3.05, 3.63) is 191 Å². The molecule has 0 amide bonds. The number of fused-ring (bicyclic) bond motifs is 3. The van der Waals surface area contributed by atoms with Crippen molar-refractivity contribution in [3.8, 4) is 22.3 Å². The fraction of sp³-hybridized carbons (Fsp3) is 0.100. The summed E-state index contributed by atoms with van der Waals surface area (Å²) in [6.45, 7) is 4.28. The third-order valence-corrected chi connectivity index (χ3v) is 7.77. The molecule has 0 saturated heterocycles. The second kappa shape index (κ2) is 11.6. The van der Waals surface area contributed by atoms with Crippen LogP contribution < -0.4 is 0 Å². The Morgan fingerprint density at radius 1 is 0.375 bits per heavy atom. The van der Waals surface area contributed by atoms with E-state index in [2.05, 4.69) is 166 Å². The fourth-order valence-corrected chi connectivity index (χ4v) is 5.97. The zero-order valence-corrected chi connectivity index (χ0v) is 22.5. The maximum atomic E-state index is 2.34. The first-order valence-corrected chi connectivity index (χ1v) is 13.6. The molecule has 40 heavy (non-hydrogen) atoms. The summed E-state index contributed by atoms with van der Waals surface area (Å²) >= 11 is 0. The van der Waals surface area contributed by atoms with Crippen molar-refractivity contribution in [2.75, 3.05) is 0 Å². The van der Waals surface area contributed by atoms with Gasteiger partial charge in [-0.05, 0) is 58.4 Å². The maximum absolute atomic E-state index is 2.34. The number of benzene rings is 6. The van der Waals surface area contributed by atoms with Crippen molar-refractivity contribution in [1.82, 2.24) is 0 Å². The van der Waals surface area contributed by atoms with Gasteiger partial charge in [-0.1, -0.05) is 176 Å². The average molecular weight is 517 g/mol. The molecule has 0 heterocycles. The molecule has 0 saturated carbocycles. The van der Waals surface area contributed by atoms with Gasteiger partial charge in [-0.3, -0.25) is 0 Å². The summed E-state index contributed by atoms with van der Waals surface area (Å²) in [5, 5.41) is 0. The van der Waals surface area contributed by atoms with Gasteiger partial charge in [0.2, 0.25) is 0 Å². The summed E-state index contributed by atoms with van der Waals surface area (Å²) in [5.74, 6) is 0. The summed E-state index contributed by atoms with van der Waals surface area (Å²) in [6.07, 6.45) is 0. The molecule has 0 atom stereocenters. The van der Waals surface area contributed by atoms with Crippen LogP contribution in [0, 0.1) is 13.8 Å². The minimum Gasteiger partial charge on any atom is -0.0776 e. The molecule has 0 nitrogen and oxygen atoms in total. The molecule has 0 heteroatoms. The average Bonchev–Trinajstić information content (AvgIpc) is 3.30. The first-order valence-electron chi connectivity index (χ1n) is 13.6. The maximum Gasteiger partial charge on any atom is 0.0713 e. The number of hydrogen-bond acceptors (Lipinski definition) is 0. The van der Waals surface area contributed by atoms with E-state index >= 15 is 0 Å². The van der Waals surface area contributed by atoms with Gasteiger partial charge in [-0.15, -0.1) is 0 Å². The van der Waals surface area contributed by atoms with Crippen molar-refractivity contribution in [2.45, 2.75) is 26.7 Å². The van der Waals surface area contributed by atoms with Gasteiger partial charge >= 0.3 is 0 Å². The van der Waals surface area contributed by atoms with E-state index in [-0.39, 0.29) is 12.8 Å². The smallest absolute Gasteiger partial charge is 0.0713 e. The number of aryl methyl sites for hydroxylation is 2. The molecular weight excluding hydrogens is 480 g/mol. The van der Waals surface area contributed by atoms with Crippen LogP contribution in [0.15, 0.2) is 158 Å². The van der Waals surface area contributed by atoms with Crippen LogP contribution >= 0.6 is 0 Å². The topological polar surface area (TPSA) is 0 Å². The Morgan fingerprint density at radius 3 is 1.43 bits per heavy atom. The molecule has 0 bridgehead atoms. The molecule has 0 fully saturated rings. The Balaban J connectivity index is 0.000000195. The predicted molar refractivity (Wildman–Crippen MR) is 172 cm³/mol. The van der Waals surface area contributed by atoms with E-state index in [1.807, 2.05) is 6.07 Å². The highest BCUT2D eigenvalue weighted by Crippen LogP contribution is 2.55. The lowest BCUT2D eigenvalue weighted by molar-refractivity contribution is 0.767. The van der Waals surface area contributed by atoms with Gasteiger partial charge in [0.15, 0.2) is 0 Å². The van der Waals surface area contributed by atoms with Crippen LogP contribution in [0.2, 0.25) is 0 Å². The van der Waals surface area contributed by atoms with Crippen molar-refractivity contribution in [2.24, 2.45) is 0 Å². The third-order valence-electron chi connectivity index (χ3n) is 7.77. The van der Waals surface area contributed by atoms with E-state index in [4.69, 9.17) is 0 Å². The van der Waals surface area contributed by atoms with Gasteiger partial charge in [-0.25, -0.2) is 0 Å². The Hall–Kier alpha value is -4.68. The van der Waals surface area contributed by atoms with Crippen molar-refractivity contribution < 1.29 is 0 Å². The Bertz CT molecular complexity index is 1650. The van der Waals surface area contributed by atoms with Gasteiger partial charge in [-0.2, -0.15) is 0 Å². The highest BCUT2D eigenvalue weighted by molar-refractivity contribution is 5.86. The molecule has 1 aliphatic carbocycles. The molecule has 0 aliphatic heterocycles. The number of hydrogen-bond donors (Lipinski definition) is 0. The second-order valence-electron chi connectivity index (χ2n) is 10.3. The molecule has 196 valence electrons. The van der Waals surface area contributed by atoms with E-state index in [0.29, 0.717) is 0 Å². The second-order valence-corrected chi connectivity index (χ2v) is 10.3. The number of rotatable bonds is 3. The molecule has 6 aromatic carbocycles. The van der Waals surface area contributed by atoms with E-state index in [0.717, 1.165) is 0 Å². The van der Waals surface area contributed by atoms with Crippen molar-refractivity contribution in [1.29, 1.82) is 0 Å². The van der Waals surface area contributed by atoms with Gasteiger partial charge < -0.3 is 0 Å². The summed E-state index contributed by atoms with van der Waals surface area (Å²) in [6, 6.07) is 56.7. The van der Waals surface area contributed by atoms with Crippen LogP contribution in [-0.4, -0.2) is 0 Å². The highest BCUT2D eigenvalue weighted by atomic mass is 14.5. The lowest BCUT2D eigenvalue weighted by Crippen LogP contribution is -2.28. The largest absolute Gasteiger partial charge is 0.0776 e. The van der Waals surface area contributed by atoms with E-state index in [9.17, 15) is 0 Å². The molecule has 0 unspecified atom stereocenters. The quantitative estimate of drug-likeness (QED) is 0.219. The zero-order valence-electron chi connectivity index (χ0n) is 22.5. The van der Waals surface area contributed by atoms with Gasteiger partial charge in [0, 0.05) is 0 Å². The minimum atomic E-state index is -0.263. The van der Waals surface area contributed by atoms with Crippen molar-refractivity contribution in [3.63, 3.8) is 0 Å². The molecular formula is C40H36. The van der Waals surface area contributed by atoms with E-state index < -0.39 is 0 Å². The molecule has 6 aromatic rings. The van der Waals surface area contributed by atoms with Crippen LogP contribution in [0.3, 0.4) is 0 Å². The van der Waals surface area contributed by atoms with Crippen LogP contribution in [-0.2, 0) is 5.41 Å². The summed E-state index contributed by atoms with van der Waals surface area (Å²) in [7, 11) is 0. The first kappa shape index (κ1) is 26.9. The molecule has 1 aliphatic rings. The monoisotopic (exact) mass is 516 g/mol.